The first kappa shape index (κ1) is 19.2. The van der Waals surface area contributed by atoms with Gasteiger partial charge in [0.15, 0.2) is 5.60 Å². The van der Waals surface area contributed by atoms with Crippen LogP contribution >= 0.6 is 23.2 Å². The van der Waals surface area contributed by atoms with Crippen molar-refractivity contribution in [3.05, 3.63) is 98.0 Å². The van der Waals surface area contributed by atoms with Crippen molar-refractivity contribution in [1.29, 1.82) is 0 Å². The number of rotatable bonds is 7. The van der Waals surface area contributed by atoms with Gasteiger partial charge in [-0.1, -0.05) is 47.5 Å². The normalized spacial score (nSPS) is 13.1. The highest BCUT2D eigenvalue weighted by atomic mass is 35.5. The van der Waals surface area contributed by atoms with Gasteiger partial charge in [0.05, 0.1) is 12.9 Å². The number of aromatic nitrogens is 2. The van der Waals surface area contributed by atoms with Gasteiger partial charge in [-0.3, -0.25) is 0 Å². The van der Waals surface area contributed by atoms with Gasteiger partial charge in [-0.15, -0.1) is 10.1 Å². The molecule has 0 aliphatic carbocycles. The van der Waals surface area contributed by atoms with Crippen LogP contribution in [0.25, 0.3) is 0 Å². The van der Waals surface area contributed by atoms with Gasteiger partial charge < -0.3 is 9.40 Å². The number of aryl methyl sites for hydroxylation is 1. The molecule has 0 bridgehead atoms. The minimum absolute atomic E-state index is 0.182. The molecule has 0 saturated heterocycles. The first-order valence-corrected chi connectivity index (χ1v) is 8.94. The Morgan fingerprint density at radius 2 is 2.04 bits per heavy atom. The highest BCUT2D eigenvalue weighted by Crippen LogP contribution is 2.37. The summed E-state index contributed by atoms with van der Waals surface area (Å²) in [6, 6.07) is 12.4. The first-order chi connectivity index (χ1) is 12.9. The summed E-state index contributed by atoms with van der Waals surface area (Å²) in [5, 5.41) is 11.8. The van der Waals surface area contributed by atoms with Crippen molar-refractivity contribution in [2.45, 2.75) is 25.5 Å². The largest absolute Gasteiger partial charge is 0.335 e. The zero-order valence-corrected chi connectivity index (χ0v) is 16.0. The van der Waals surface area contributed by atoms with Crippen LogP contribution in [0.15, 0.2) is 61.2 Å². The molecular formula is C19H17Cl2N3O3. The van der Waals surface area contributed by atoms with E-state index in [0.29, 0.717) is 15.6 Å². The summed E-state index contributed by atoms with van der Waals surface area (Å²) in [6.07, 6.45) is 5.14. The molecule has 0 fully saturated rings. The molecule has 2 aromatic carbocycles. The maximum atomic E-state index is 11.5. The van der Waals surface area contributed by atoms with Gasteiger partial charge in [0.2, 0.25) is 0 Å². The van der Waals surface area contributed by atoms with Crippen molar-refractivity contribution in [3.8, 4) is 0 Å². The molecule has 0 aliphatic heterocycles. The van der Waals surface area contributed by atoms with Crippen LogP contribution in [0.4, 0.5) is 0 Å². The quantitative estimate of drug-likeness (QED) is 0.416. The average Bonchev–Trinajstić information content (AvgIpc) is 3.09. The molecular weight excluding hydrogens is 389 g/mol. The lowest BCUT2D eigenvalue weighted by Gasteiger charge is -2.34. The van der Waals surface area contributed by atoms with Crippen LogP contribution in [0.2, 0.25) is 10.0 Å². The average molecular weight is 406 g/mol. The van der Waals surface area contributed by atoms with Crippen molar-refractivity contribution in [2.24, 2.45) is 0 Å². The molecule has 3 aromatic rings. The fourth-order valence-electron chi connectivity index (χ4n) is 3.25. The van der Waals surface area contributed by atoms with E-state index in [0.717, 1.165) is 11.1 Å². The summed E-state index contributed by atoms with van der Waals surface area (Å²) in [5.41, 5.74) is 0.897. The summed E-state index contributed by atoms with van der Waals surface area (Å²) in [5.74, 6) is 0. The van der Waals surface area contributed by atoms with E-state index in [2.05, 4.69) is 4.98 Å². The predicted octanol–water partition coefficient (Wildman–Crippen LogP) is 4.84. The second-order valence-corrected chi connectivity index (χ2v) is 7.12. The van der Waals surface area contributed by atoms with Crippen LogP contribution in [0, 0.1) is 17.0 Å². The molecule has 0 amide bonds. The molecule has 8 heteroatoms. The third-order valence-corrected chi connectivity index (χ3v) is 4.96. The molecule has 1 aromatic heterocycles. The van der Waals surface area contributed by atoms with E-state index in [-0.39, 0.29) is 13.0 Å². The second kappa shape index (κ2) is 7.98. The van der Waals surface area contributed by atoms with Crippen LogP contribution in [0.5, 0.6) is 0 Å². The van der Waals surface area contributed by atoms with Gasteiger partial charge in [0, 0.05) is 28.9 Å². The number of imidazole rings is 1. The third-order valence-electron chi connectivity index (χ3n) is 4.36. The molecule has 1 heterocycles. The Morgan fingerprint density at radius 3 is 2.67 bits per heavy atom. The van der Waals surface area contributed by atoms with E-state index in [1.807, 2.05) is 25.1 Å². The molecule has 0 N–H and O–H groups in total. The maximum absolute atomic E-state index is 11.5. The van der Waals surface area contributed by atoms with E-state index in [1.54, 1.807) is 47.6 Å². The van der Waals surface area contributed by atoms with Crippen molar-refractivity contribution < 1.29 is 9.92 Å². The lowest BCUT2D eigenvalue weighted by molar-refractivity contribution is -0.785. The maximum Gasteiger partial charge on any atom is 0.295 e. The second-order valence-electron chi connectivity index (χ2n) is 6.27. The third kappa shape index (κ3) is 4.40. The Bertz CT molecular complexity index is 947. The first-order valence-electron chi connectivity index (χ1n) is 8.19. The number of benzene rings is 2. The highest BCUT2D eigenvalue weighted by molar-refractivity contribution is 6.31. The van der Waals surface area contributed by atoms with E-state index < -0.39 is 10.7 Å². The van der Waals surface area contributed by atoms with Crippen LogP contribution in [0.3, 0.4) is 0 Å². The standard InChI is InChI=1S/C19H17Cl2N3O3/c1-14-10-16(20)6-7-17(14)19(27-24(25)26,12-23-9-8-22-13-23)11-15-4-2-3-5-18(15)21/h2-10,13H,11-12H2,1H3. The number of halogens is 2. The molecule has 1 unspecified atom stereocenters. The zero-order valence-electron chi connectivity index (χ0n) is 14.5. The fourth-order valence-corrected chi connectivity index (χ4v) is 3.68. The number of hydrogen-bond acceptors (Lipinski definition) is 4. The summed E-state index contributed by atoms with van der Waals surface area (Å²) in [4.78, 5) is 20.8. The monoisotopic (exact) mass is 405 g/mol. The van der Waals surface area contributed by atoms with Crippen LogP contribution < -0.4 is 0 Å². The van der Waals surface area contributed by atoms with Gasteiger partial charge in [-0.05, 0) is 41.8 Å². The van der Waals surface area contributed by atoms with Gasteiger partial charge in [0.1, 0.15) is 0 Å². The van der Waals surface area contributed by atoms with E-state index in [9.17, 15) is 10.1 Å². The molecule has 6 nitrogen and oxygen atoms in total. The predicted molar refractivity (Wildman–Crippen MR) is 103 cm³/mol. The van der Waals surface area contributed by atoms with E-state index >= 15 is 0 Å². The van der Waals surface area contributed by atoms with Gasteiger partial charge >= 0.3 is 0 Å². The molecule has 0 saturated carbocycles. The Balaban J connectivity index is 2.17. The van der Waals surface area contributed by atoms with Crippen LogP contribution in [0.1, 0.15) is 16.7 Å². The van der Waals surface area contributed by atoms with Gasteiger partial charge in [-0.25, -0.2) is 4.98 Å². The van der Waals surface area contributed by atoms with Crippen molar-refractivity contribution in [2.75, 3.05) is 0 Å². The summed E-state index contributed by atoms with van der Waals surface area (Å²) in [7, 11) is 0. The molecule has 140 valence electrons. The minimum atomic E-state index is -1.30. The fraction of sp³-hybridized carbons (Fsp3) is 0.211. The van der Waals surface area contributed by atoms with Crippen molar-refractivity contribution in [1.82, 2.24) is 9.55 Å². The molecule has 0 aliphatic rings. The molecule has 3 rings (SSSR count). The topological polar surface area (TPSA) is 70.2 Å². The van der Waals surface area contributed by atoms with Crippen molar-refractivity contribution >= 4 is 23.2 Å². The highest BCUT2D eigenvalue weighted by Gasteiger charge is 2.39. The zero-order chi connectivity index (χ0) is 19.4. The van der Waals surface area contributed by atoms with Crippen LogP contribution in [-0.4, -0.2) is 14.6 Å². The summed E-state index contributed by atoms with van der Waals surface area (Å²) < 4.78 is 1.74. The number of hydrogen-bond donors (Lipinski definition) is 0. The van der Waals surface area contributed by atoms with Crippen LogP contribution in [-0.2, 0) is 23.4 Å². The molecule has 1 atom stereocenters. The lowest BCUT2D eigenvalue weighted by Crippen LogP contribution is -2.39. The minimum Gasteiger partial charge on any atom is -0.335 e. The molecule has 27 heavy (non-hydrogen) atoms. The van der Waals surface area contributed by atoms with Gasteiger partial charge in [0.25, 0.3) is 5.09 Å². The molecule has 0 spiro atoms. The Kier molecular flexibility index (Phi) is 5.68. The summed E-state index contributed by atoms with van der Waals surface area (Å²) in [6.45, 7) is 2.03. The van der Waals surface area contributed by atoms with Gasteiger partial charge in [-0.2, -0.15) is 0 Å². The SMILES string of the molecule is Cc1cc(Cl)ccc1C(Cc1ccccc1Cl)(Cn1ccnc1)O[N+](=O)[O-]. The summed E-state index contributed by atoms with van der Waals surface area (Å²) >= 11 is 12.4. The smallest absolute Gasteiger partial charge is 0.295 e. The Hall–Kier alpha value is -2.57. The Morgan fingerprint density at radius 1 is 1.26 bits per heavy atom. The number of nitrogens with zero attached hydrogens (tertiary/aromatic N) is 3. The van der Waals surface area contributed by atoms with Crippen molar-refractivity contribution in [3.63, 3.8) is 0 Å². The molecule has 0 radical (unpaired) electrons. The lowest BCUT2D eigenvalue weighted by atomic mass is 9.84. The Labute approximate surface area is 166 Å². The van der Waals surface area contributed by atoms with E-state index in [1.165, 1.54) is 0 Å². The van der Waals surface area contributed by atoms with E-state index in [4.69, 9.17) is 28.0 Å².